The maximum absolute atomic E-state index is 13.0. The van der Waals surface area contributed by atoms with Crippen LogP contribution in [-0.2, 0) is 23.8 Å². The van der Waals surface area contributed by atoms with Crippen molar-refractivity contribution >= 4 is 11.9 Å². The number of ether oxygens (including phenoxy) is 3. The second kappa shape index (κ2) is 46.3. The molecule has 11 nitrogen and oxygen atoms in total. The van der Waals surface area contributed by atoms with Gasteiger partial charge < -0.3 is 45.1 Å². The van der Waals surface area contributed by atoms with Gasteiger partial charge in [0.15, 0.2) is 6.29 Å². The Morgan fingerprint density at radius 2 is 0.955 bits per heavy atom. The van der Waals surface area contributed by atoms with Crippen LogP contribution < -0.4 is 5.32 Å². The van der Waals surface area contributed by atoms with E-state index in [2.05, 4.69) is 43.5 Å². The molecule has 0 saturated carbocycles. The van der Waals surface area contributed by atoms with Crippen molar-refractivity contribution in [2.24, 2.45) is 0 Å². The van der Waals surface area contributed by atoms with E-state index in [4.69, 9.17) is 14.2 Å². The number of hydrogen-bond acceptors (Lipinski definition) is 10. The van der Waals surface area contributed by atoms with E-state index in [-0.39, 0.29) is 18.5 Å². The largest absolute Gasteiger partial charge is 0.466 e. The van der Waals surface area contributed by atoms with Gasteiger partial charge in [-0.15, -0.1) is 0 Å². The normalized spacial score (nSPS) is 19.8. The van der Waals surface area contributed by atoms with Crippen molar-refractivity contribution in [1.82, 2.24) is 5.32 Å². The zero-order valence-electron chi connectivity index (χ0n) is 42.9. The Hall–Kier alpha value is -2.12. The number of nitrogens with one attached hydrogen (secondary N) is 1. The molecule has 1 aliphatic heterocycles. The Labute approximate surface area is 409 Å². The molecule has 6 N–H and O–H groups in total. The molecule has 0 spiro atoms. The van der Waals surface area contributed by atoms with Gasteiger partial charge in [0, 0.05) is 12.8 Å². The summed E-state index contributed by atoms with van der Waals surface area (Å²) in [7, 11) is 0. The van der Waals surface area contributed by atoms with Gasteiger partial charge in [0.25, 0.3) is 0 Å². The maximum atomic E-state index is 13.0. The third-order valence-electron chi connectivity index (χ3n) is 13.0. The van der Waals surface area contributed by atoms with Crippen molar-refractivity contribution in [1.29, 1.82) is 0 Å². The van der Waals surface area contributed by atoms with Crippen molar-refractivity contribution in [3.05, 3.63) is 36.5 Å². The van der Waals surface area contributed by atoms with Crippen LogP contribution in [0.25, 0.3) is 0 Å². The van der Waals surface area contributed by atoms with Crippen LogP contribution >= 0.6 is 0 Å². The lowest BCUT2D eigenvalue weighted by molar-refractivity contribution is -0.302. The number of carbonyl (C=O) groups excluding carboxylic acids is 2. The molecule has 392 valence electrons. The van der Waals surface area contributed by atoms with Gasteiger partial charge in [0.2, 0.25) is 5.91 Å². The number of aliphatic hydroxyl groups is 5. The van der Waals surface area contributed by atoms with E-state index in [0.717, 1.165) is 89.9 Å². The standard InChI is InChI=1S/C56H103NO10/c1-3-5-7-9-11-13-14-15-21-24-28-32-36-40-44-52(61)65-45-41-37-33-29-25-22-19-17-16-18-20-23-27-31-35-39-43-51(60)57-48(49(59)42-38-34-30-26-12-10-8-6-4-2)47-66-56-55(64)54(63)53(62)50(46-58)67-56/h14-16,18,38,42,48-50,53-56,58-59,62-64H,3-13,17,19-37,39-41,43-47H2,1-2H3,(H,57,60)/b15-14-,18-16-,42-38+. The Balaban J connectivity index is 2.09. The molecule has 0 aromatic heterocycles. The van der Waals surface area contributed by atoms with Crippen LogP contribution in [0.15, 0.2) is 36.5 Å². The summed E-state index contributed by atoms with van der Waals surface area (Å²) in [5.74, 6) is -0.232. The summed E-state index contributed by atoms with van der Waals surface area (Å²) >= 11 is 0. The lowest BCUT2D eigenvalue weighted by Gasteiger charge is -2.40. The van der Waals surface area contributed by atoms with Crippen molar-refractivity contribution in [3.8, 4) is 0 Å². The summed E-state index contributed by atoms with van der Waals surface area (Å²) in [5.41, 5.74) is 0. The van der Waals surface area contributed by atoms with Crippen LogP contribution in [0.3, 0.4) is 0 Å². The highest BCUT2D eigenvalue weighted by Gasteiger charge is 2.44. The first-order valence-electron chi connectivity index (χ1n) is 27.8. The molecule has 0 aromatic rings. The number of allylic oxidation sites excluding steroid dienone is 5. The molecule has 67 heavy (non-hydrogen) atoms. The summed E-state index contributed by atoms with van der Waals surface area (Å²) in [6.07, 6.45) is 45.2. The minimum absolute atomic E-state index is 0.0301. The zero-order valence-corrected chi connectivity index (χ0v) is 42.9. The van der Waals surface area contributed by atoms with Gasteiger partial charge in [-0.2, -0.15) is 0 Å². The Morgan fingerprint density at radius 3 is 1.43 bits per heavy atom. The molecule has 1 fully saturated rings. The Morgan fingerprint density at radius 1 is 0.537 bits per heavy atom. The van der Waals surface area contributed by atoms with E-state index in [9.17, 15) is 35.1 Å². The van der Waals surface area contributed by atoms with Gasteiger partial charge in [-0.25, -0.2) is 0 Å². The third kappa shape index (κ3) is 36.5. The fourth-order valence-electron chi connectivity index (χ4n) is 8.48. The molecule has 1 aliphatic rings. The van der Waals surface area contributed by atoms with E-state index >= 15 is 0 Å². The fraction of sp³-hybridized carbons (Fsp3) is 0.857. The molecule has 1 rings (SSSR count). The van der Waals surface area contributed by atoms with E-state index in [0.29, 0.717) is 19.4 Å². The van der Waals surface area contributed by atoms with Crippen molar-refractivity contribution in [2.75, 3.05) is 19.8 Å². The van der Waals surface area contributed by atoms with Gasteiger partial charge in [-0.1, -0.05) is 185 Å². The van der Waals surface area contributed by atoms with Crippen LogP contribution in [0.1, 0.15) is 245 Å². The third-order valence-corrected chi connectivity index (χ3v) is 13.0. The molecule has 0 bridgehead atoms. The molecule has 0 aliphatic carbocycles. The quantitative estimate of drug-likeness (QED) is 0.0196. The molecule has 0 aromatic carbocycles. The highest BCUT2D eigenvalue weighted by Crippen LogP contribution is 2.23. The number of hydrogen-bond donors (Lipinski definition) is 6. The van der Waals surface area contributed by atoms with Crippen molar-refractivity contribution in [3.63, 3.8) is 0 Å². The molecule has 7 unspecified atom stereocenters. The summed E-state index contributed by atoms with van der Waals surface area (Å²) in [4.78, 5) is 25.0. The Bertz CT molecular complexity index is 1210. The second-order valence-electron chi connectivity index (χ2n) is 19.3. The molecule has 11 heteroatoms. The van der Waals surface area contributed by atoms with E-state index < -0.39 is 49.5 Å². The minimum atomic E-state index is -1.58. The van der Waals surface area contributed by atoms with Crippen molar-refractivity contribution < 1.29 is 49.3 Å². The number of esters is 1. The van der Waals surface area contributed by atoms with Gasteiger partial charge in [0.05, 0.1) is 32.0 Å². The Kier molecular flexibility index (Phi) is 43.4. The smallest absolute Gasteiger partial charge is 0.305 e. The number of amides is 1. The van der Waals surface area contributed by atoms with Crippen LogP contribution in [0.5, 0.6) is 0 Å². The molecular weight excluding hydrogens is 847 g/mol. The van der Waals surface area contributed by atoms with E-state index in [1.54, 1.807) is 6.08 Å². The maximum Gasteiger partial charge on any atom is 0.305 e. The number of aliphatic hydroxyl groups excluding tert-OH is 5. The van der Waals surface area contributed by atoms with Crippen LogP contribution in [0, 0.1) is 0 Å². The highest BCUT2D eigenvalue weighted by molar-refractivity contribution is 5.76. The van der Waals surface area contributed by atoms with Gasteiger partial charge in [-0.3, -0.25) is 9.59 Å². The van der Waals surface area contributed by atoms with Gasteiger partial charge >= 0.3 is 5.97 Å². The molecule has 1 heterocycles. The first kappa shape index (κ1) is 62.9. The monoisotopic (exact) mass is 950 g/mol. The SMILES string of the molecule is CCCCCCC/C=C\CCCCCCCC(=O)OCCCCCCCCC/C=C\CCCCCCCC(=O)NC(COC1OC(CO)C(O)C(O)C1O)C(O)/C=C/CCCCCCCCC. The first-order valence-corrected chi connectivity index (χ1v) is 27.8. The van der Waals surface area contributed by atoms with Crippen molar-refractivity contribution in [2.45, 2.75) is 288 Å². The van der Waals surface area contributed by atoms with E-state index in [1.807, 2.05) is 6.08 Å². The summed E-state index contributed by atoms with van der Waals surface area (Å²) in [6.45, 7) is 4.25. The first-order chi connectivity index (χ1) is 32.7. The molecule has 1 saturated heterocycles. The zero-order chi connectivity index (χ0) is 48.8. The fourth-order valence-corrected chi connectivity index (χ4v) is 8.48. The topological polar surface area (TPSA) is 175 Å². The minimum Gasteiger partial charge on any atom is -0.466 e. The number of carbonyl (C=O) groups is 2. The van der Waals surface area contributed by atoms with Gasteiger partial charge in [0.1, 0.15) is 24.4 Å². The van der Waals surface area contributed by atoms with E-state index in [1.165, 1.54) is 128 Å². The summed E-state index contributed by atoms with van der Waals surface area (Å²) in [6, 6.07) is -0.821. The average molecular weight is 950 g/mol. The molecule has 1 amide bonds. The number of rotatable bonds is 47. The lowest BCUT2D eigenvalue weighted by atomic mass is 9.99. The summed E-state index contributed by atoms with van der Waals surface area (Å²) in [5, 5.41) is 54.1. The molecule has 7 atom stereocenters. The predicted octanol–water partition coefficient (Wildman–Crippen LogP) is 11.9. The van der Waals surface area contributed by atoms with Crippen LogP contribution in [0.4, 0.5) is 0 Å². The predicted molar refractivity (Wildman–Crippen MR) is 274 cm³/mol. The molecular formula is C56H103NO10. The molecule has 0 radical (unpaired) electrons. The lowest BCUT2D eigenvalue weighted by Crippen LogP contribution is -2.60. The number of unbranched alkanes of at least 4 members (excludes halogenated alkanes) is 29. The summed E-state index contributed by atoms with van der Waals surface area (Å²) < 4.78 is 16.6. The average Bonchev–Trinajstić information content (AvgIpc) is 3.32. The second-order valence-corrected chi connectivity index (χ2v) is 19.3. The van der Waals surface area contributed by atoms with Gasteiger partial charge in [-0.05, 0) is 83.5 Å². The van der Waals surface area contributed by atoms with Crippen LogP contribution in [0.2, 0.25) is 0 Å². The van der Waals surface area contributed by atoms with Crippen LogP contribution in [-0.4, -0.2) is 100 Å². The highest BCUT2D eigenvalue weighted by atomic mass is 16.7.